The zero-order valence-electron chi connectivity index (χ0n) is 12.8. The Morgan fingerprint density at radius 1 is 1.27 bits per heavy atom. The van der Waals surface area contributed by atoms with E-state index in [-0.39, 0.29) is 6.61 Å². The van der Waals surface area contributed by atoms with E-state index in [2.05, 4.69) is 5.32 Å². The normalized spacial score (nSPS) is 11.8. The summed E-state index contributed by atoms with van der Waals surface area (Å²) in [4.78, 5) is 23.5. The molecule has 0 unspecified atom stereocenters. The minimum atomic E-state index is -0.863. The van der Waals surface area contributed by atoms with Crippen LogP contribution in [0.3, 0.4) is 0 Å². The average molecular weight is 305 g/mol. The van der Waals surface area contributed by atoms with Crippen LogP contribution in [0.5, 0.6) is 5.75 Å². The lowest BCUT2D eigenvalue weighted by molar-refractivity contribution is -0.140. The van der Waals surface area contributed by atoms with Crippen LogP contribution in [-0.2, 0) is 14.3 Å². The Morgan fingerprint density at radius 2 is 1.91 bits per heavy atom. The van der Waals surface area contributed by atoms with Crippen LogP contribution in [0, 0.1) is 0 Å². The fourth-order valence-corrected chi connectivity index (χ4v) is 1.61. The molecule has 1 amide bonds. The highest BCUT2D eigenvalue weighted by atomic mass is 16.5. The van der Waals surface area contributed by atoms with Gasteiger partial charge in [-0.05, 0) is 37.6 Å². The smallest absolute Gasteiger partial charge is 0.347 e. The summed E-state index contributed by atoms with van der Waals surface area (Å²) in [6.07, 6.45) is 3.03. The monoisotopic (exact) mass is 305 g/mol. The summed E-state index contributed by atoms with van der Waals surface area (Å²) in [6.45, 7) is 2.98. The molecule has 0 saturated heterocycles. The maximum Gasteiger partial charge on any atom is 0.347 e. The van der Waals surface area contributed by atoms with Gasteiger partial charge in [-0.1, -0.05) is 12.1 Å². The Kier molecular flexibility index (Phi) is 6.69. The molecule has 0 fully saturated rings. The van der Waals surface area contributed by atoms with Crippen LogP contribution in [0.1, 0.15) is 19.4 Å². The zero-order valence-corrected chi connectivity index (χ0v) is 12.8. The number of allylic oxidation sites excluding steroid dienone is 1. The van der Waals surface area contributed by atoms with E-state index in [0.29, 0.717) is 0 Å². The summed E-state index contributed by atoms with van der Waals surface area (Å²) in [7, 11) is 1.57. The molecule has 1 rings (SSSR count). The van der Waals surface area contributed by atoms with Gasteiger partial charge in [0.2, 0.25) is 0 Å². The first kappa shape index (κ1) is 17.3. The molecule has 0 bridgehead atoms. The molecule has 2 N–H and O–H groups in total. The van der Waals surface area contributed by atoms with Crippen molar-refractivity contribution in [3.05, 3.63) is 47.4 Å². The third-order valence-electron chi connectivity index (χ3n) is 2.67. The van der Waals surface area contributed by atoms with Crippen LogP contribution in [0.15, 0.2) is 41.8 Å². The maximum atomic E-state index is 11.9. The number of amides is 1. The van der Waals surface area contributed by atoms with Crippen LogP contribution in [-0.4, -0.2) is 30.7 Å². The number of carbonyl (C=O) groups is 2. The fraction of sp³-hybridized carbons (Fsp3) is 0.250. The number of aliphatic hydroxyl groups is 1. The molecule has 22 heavy (non-hydrogen) atoms. The molecule has 0 saturated carbocycles. The van der Waals surface area contributed by atoms with Crippen molar-refractivity contribution in [3.63, 3.8) is 0 Å². The number of carbonyl (C=O) groups excluding carboxylic acids is 2. The predicted octanol–water partition coefficient (Wildman–Crippen LogP) is 2.18. The van der Waals surface area contributed by atoms with E-state index in [1.54, 1.807) is 44.4 Å². The maximum absolute atomic E-state index is 11.9. The molecule has 1 aromatic rings. The van der Waals surface area contributed by atoms with E-state index in [9.17, 15) is 14.7 Å². The van der Waals surface area contributed by atoms with E-state index in [1.165, 1.54) is 13.1 Å². The van der Waals surface area contributed by atoms with Gasteiger partial charge in [-0.15, -0.1) is 0 Å². The van der Waals surface area contributed by atoms with Gasteiger partial charge in [-0.3, -0.25) is 4.79 Å². The summed E-state index contributed by atoms with van der Waals surface area (Å²) in [5.41, 5.74) is 0.421. The van der Waals surface area contributed by atoms with E-state index in [4.69, 9.17) is 9.47 Å². The molecule has 118 valence electrons. The van der Waals surface area contributed by atoms with E-state index in [1.807, 2.05) is 0 Å². The molecule has 0 atom stereocenters. The molecular formula is C16H19NO5. The zero-order chi connectivity index (χ0) is 16.5. The lowest BCUT2D eigenvalue weighted by Crippen LogP contribution is -2.26. The molecule has 6 nitrogen and oxygen atoms in total. The van der Waals surface area contributed by atoms with Crippen molar-refractivity contribution in [1.82, 2.24) is 5.32 Å². The van der Waals surface area contributed by atoms with E-state index < -0.39 is 23.2 Å². The number of aliphatic hydroxyl groups excluding tert-OH is 1. The first-order chi connectivity index (χ1) is 10.5. The minimum Gasteiger partial charge on any atom is -0.511 e. The van der Waals surface area contributed by atoms with Gasteiger partial charge in [0.25, 0.3) is 5.91 Å². The molecular weight excluding hydrogens is 286 g/mol. The third kappa shape index (κ3) is 4.97. The Morgan fingerprint density at radius 3 is 2.41 bits per heavy atom. The first-order valence-electron chi connectivity index (χ1n) is 6.68. The van der Waals surface area contributed by atoms with Gasteiger partial charge in [0, 0.05) is 6.20 Å². The van der Waals surface area contributed by atoms with Crippen molar-refractivity contribution >= 4 is 18.0 Å². The average Bonchev–Trinajstić information content (AvgIpc) is 2.48. The molecule has 0 radical (unpaired) electrons. The van der Waals surface area contributed by atoms with Gasteiger partial charge in [0.15, 0.2) is 5.57 Å². The Hall–Kier alpha value is -2.76. The Balaban J connectivity index is 2.72. The van der Waals surface area contributed by atoms with Gasteiger partial charge in [-0.25, -0.2) is 4.79 Å². The van der Waals surface area contributed by atoms with Gasteiger partial charge in [0.05, 0.1) is 13.7 Å². The molecule has 0 aromatic heterocycles. The van der Waals surface area contributed by atoms with Crippen molar-refractivity contribution in [2.75, 3.05) is 13.7 Å². The molecule has 6 heteroatoms. The molecule has 1 aromatic carbocycles. The Labute approximate surface area is 129 Å². The van der Waals surface area contributed by atoms with Crippen LogP contribution >= 0.6 is 0 Å². The van der Waals surface area contributed by atoms with Crippen molar-refractivity contribution in [3.8, 4) is 5.75 Å². The highest BCUT2D eigenvalue weighted by Crippen LogP contribution is 2.12. The summed E-state index contributed by atoms with van der Waals surface area (Å²) < 4.78 is 9.76. The van der Waals surface area contributed by atoms with Crippen LogP contribution in [0.4, 0.5) is 0 Å². The number of esters is 1. The lowest BCUT2D eigenvalue weighted by atomic mass is 10.2. The highest BCUT2D eigenvalue weighted by molar-refractivity contribution is 6.17. The van der Waals surface area contributed by atoms with Crippen molar-refractivity contribution in [2.45, 2.75) is 13.8 Å². The van der Waals surface area contributed by atoms with Crippen LogP contribution in [0.2, 0.25) is 0 Å². The SMILES string of the molecule is CCOC(=O)/C(C(=O)N/C=C/c1ccc(OC)cc1)=C(\C)O. The van der Waals surface area contributed by atoms with Crippen LogP contribution < -0.4 is 10.1 Å². The summed E-state index contributed by atoms with van der Waals surface area (Å²) in [5, 5.41) is 11.8. The summed E-state index contributed by atoms with van der Waals surface area (Å²) >= 11 is 0. The highest BCUT2D eigenvalue weighted by Gasteiger charge is 2.22. The van der Waals surface area contributed by atoms with E-state index >= 15 is 0 Å². The van der Waals surface area contributed by atoms with E-state index in [0.717, 1.165) is 11.3 Å². The molecule has 0 aliphatic carbocycles. The van der Waals surface area contributed by atoms with Gasteiger partial charge in [0.1, 0.15) is 11.5 Å². The van der Waals surface area contributed by atoms with Gasteiger partial charge < -0.3 is 19.9 Å². The number of hydrogen-bond donors (Lipinski definition) is 2. The second kappa shape index (κ2) is 8.51. The fourth-order valence-electron chi connectivity index (χ4n) is 1.61. The number of ether oxygens (including phenoxy) is 2. The van der Waals surface area contributed by atoms with Gasteiger partial charge >= 0.3 is 5.97 Å². The van der Waals surface area contributed by atoms with Crippen molar-refractivity contribution in [2.24, 2.45) is 0 Å². The van der Waals surface area contributed by atoms with Gasteiger partial charge in [-0.2, -0.15) is 0 Å². The van der Waals surface area contributed by atoms with Crippen molar-refractivity contribution in [1.29, 1.82) is 0 Å². The minimum absolute atomic E-state index is 0.116. The number of benzene rings is 1. The molecule has 0 heterocycles. The first-order valence-corrected chi connectivity index (χ1v) is 6.68. The summed E-state index contributed by atoms with van der Waals surface area (Å²) in [6, 6.07) is 7.17. The molecule has 0 spiro atoms. The Bertz CT molecular complexity index is 583. The lowest BCUT2D eigenvalue weighted by Gasteiger charge is -2.06. The number of hydrogen-bond acceptors (Lipinski definition) is 5. The third-order valence-corrected chi connectivity index (χ3v) is 2.67. The largest absolute Gasteiger partial charge is 0.511 e. The standard InChI is InChI=1S/C16H19NO5/c1-4-22-16(20)14(11(2)18)15(19)17-10-9-12-5-7-13(21-3)8-6-12/h5-10,18H,4H2,1-3H3,(H,17,19)/b10-9+,14-11+. The molecule has 0 aliphatic heterocycles. The predicted molar refractivity (Wildman–Crippen MR) is 82.1 cm³/mol. The number of rotatable bonds is 6. The second-order valence-corrected chi connectivity index (χ2v) is 4.26. The van der Waals surface area contributed by atoms with Crippen LogP contribution in [0.25, 0.3) is 6.08 Å². The molecule has 0 aliphatic rings. The summed E-state index contributed by atoms with van der Waals surface area (Å²) in [5.74, 6) is -1.26. The quantitative estimate of drug-likeness (QED) is 0.277. The number of methoxy groups -OCH3 is 1. The second-order valence-electron chi connectivity index (χ2n) is 4.26. The van der Waals surface area contributed by atoms with Crippen molar-refractivity contribution < 1.29 is 24.2 Å². The topological polar surface area (TPSA) is 84.9 Å². The number of nitrogens with one attached hydrogen (secondary N) is 1.